The standard InChI is InChI=1S/C14H16F3NO4/c1-9(8-13(20)21)18-12(19)7-6-10-4-2-3-5-11(10)22-14(15,16)17/h2-5,9H,6-8H2,1H3,(H,18,19)(H,20,21). The normalized spacial score (nSPS) is 12.5. The van der Waals surface area contributed by atoms with Crippen molar-refractivity contribution in [2.45, 2.75) is 38.6 Å². The van der Waals surface area contributed by atoms with Gasteiger partial charge in [-0.05, 0) is 25.0 Å². The number of carbonyl (C=O) groups is 2. The molecule has 0 fully saturated rings. The molecule has 122 valence electrons. The van der Waals surface area contributed by atoms with E-state index >= 15 is 0 Å². The largest absolute Gasteiger partial charge is 0.573 e. The minimum Gasteiger partial charge on any atom is -0.481 e. The Hall–Kier alpha value is -2.25. The lowest BCUT2D eigenvalue weighted by atomic mass is 10.1. The Labute approximate surface area is 125 Å². The van der Waals surface area contributed by atoms with Gasteiger partial charge in [-0.3, -0.25) is 9.59 Å². The van der Waals surface area contributed by atoms with E-state index in [1.165, 1.54) is 25.1 Å². The number of aryl methyl sites for hydroxylation is 1. The lowest BCUT2D eigenvalue weighted by Crippen LogP contribution is -2.34. The topological polar surface area (TPSA) is 75.6 Å². The van der Waals surface area contributed by atoms with E-state index < -0.39 is 24.3 Å². The molecule has 8 heteroatoms. The molecule has 0 heterocycles. The minimum absolute atomic E-state index is 0.0535. The van der Waals surface area contributed by atoms with Crippen LogP contribution >= 0.6 is 0 Å². The summed E-state index contributed by atoms with van der Waals surface area (Å²) < 4.78 is 40.7. The van der Waals surface area contributed by atoms with Gasteiger partial charge in [0.15, 0.2) is 0 Å². The fourth-order valence-corrected chi connectivity index (χ4v) is 1.84. The van der Waals surface area contributed by atoms with Crippen molar-refractivity contribution >= 4 is 11.9 Å². The van der Waals surface area contributed by atoms with Crippen molar-refractivity contribution in [2.75, 3.05) is 0 Å². The van der Waals surface area contributed by atoms with Crippen LogP contribution in [-0.2, 0) is 16.0 Å². The van der Waals surface area contributed by atoms with E-state index in [1.807, 2.05) is 0 Å². The van der Waals surface area contributed by atoms with Crippen LogP contribution in [0.2, 0.25) is 0 Å². The summed E-state index contributed by atoms with van der Waals surface area (Å²) in [5.74, 6) is -1.83. The summed E-state index contributed by atoms with van der Waals surface area (Å²) in [7, 11) is 0. The quantitative estimate of drug-likeness (QED) is 0.809. The second kappa shape index (κ2) is 7.67. The smallest absolute Gasteiger partial charge is 0.481 e. The van der Waals surface area contributed by atoms with Gasteiger partial charge in [0.05, 0.1) is 6.42 Å². The van der Waals surface area contributed by atoms with Crippen molar-refractivity contribution in [1.29, 1.82) is 0 Å². The van der Waals surface area contributed by atoms with Crippen molar-refractivity contribution in [3.05, 3.63) is 29.8 Å². The number of amides is 1. The third-order valence-electron chi connectivity index (χ3n) is 2.71. The zero-order chi connectivity index (χ0) is 16.8. The molecule has 0 bridgehead atoms. The molecule has 0 aliphatic carbocycles. The van der Waals surface area contributed by atoms with Crippen LogP contribution < -0.4 is 10.1 Å². The van der Waals surface area contributed by atoms with Crippen molar-refractivity contribution in [2.24, 2.45) is 0 Å². The van der Waals surface area contributed by atoms with Gasteiger partial charge >= 0.3 is 12.3 Å². The van der Waals surface area contributed by atoms with Gasteiger partial charge in [-0.2, -0.15) is 0 Å². The predicted octanol–water partition coefficient (Wildman–Crippen LogP) is 2.50. The van der Waals surface area contributed by atoms with Crippen molar-refractivity contribution in [3.8, 4) is 5.75 Å². The molecule has 1 amide bonds. The van der Waals surface area contributed by atoms with Gasteiger partial charge in [-0.1, -0.05) is 18.2 Å². The molecule has 2 N–H and O–H groups in total. The number of aliphatic carboxylic acids is 1. The van der Waals surface area contributed by atoms with E-state index in [1.54, 1.807) is 6.07 Å². The molecule has 0 saturated heterocycles. The Morgan fingerprint density at radius 1 is 1.32 bits per heavy atom. The van der Waals surface area contributed by atoms with E-state index in [2.05, 4.69) is 10.1 Å². The highest BCUT2D eigenvalue weighted by Crippen LogP contribution is 2.26. The number of ether oxygens (including phenoxy) is 1. The SMILES string of the molecule is CC(CC(=O)O)NC(=O)CCc1ccccc1OC(F)(F)F. The third-order valence-corrected chi connectivity index (χ3v) is 2.71. The minimum atomic E-state index is -4.80. The van der Waals surface area contributed by atoms with E-state index in [0.717, 1.165) is 0 Å². The maximum absolute atomic E-state index is 12.3. The third kappa shape index (κ3) is 6.96. The highest BCUT2D eigenvalue weighted by molar-refractivity contribution is 5.77. The fourth-order valence-electron chi connectivity index (χ4n) is 1.84. The molecule has 0 spiro atoms. The summed E-state index contributed by atoms with van der Waals surface area (Å²) in [6, 6.07) is 5.01. The summed E-state index contributed by atoms with van der Waals surface area (Å²) in [5.41, 5.74) is 0.251. The molecule has 0 radical (unpaired) electrons. The molecule has 0 aromatic heterocycles. The molecular weight excluding hydrogens is 303 g/mol. The first-order valence-corrected chi connectivity index (χ1v) is 6.52. The monoisotopic (exact) mass is 319 g/mol. The van der Waals surface area contributed by atoms with Gasteiger partial charge in [0, 0.05) is 12.5 Å². The Kier molecular flexibility index (Phi) is 6.21. The van der Waals surface area contributed by atoms with E-state index in [4.69, 9.17) is 5.11 Å². The number of nitrogens with one attached hydrogen (secondary N) is 1. The van der Waals surface area contributed by atoms with Gasteiger partial charge in [0.2, 0.25) is 5.91 Å². The van der Waals surface area contributed by atoms with Gasteiger partial charge in [0.1, 0.15) is 5.75 Å². The first-order chi connectivity index (χ1) is 10.2. The Bertz CT molecular complexity index is 531. The molecule has 0 aliphatic rings. The molecule has 0 aliphatic heterocycles. The van der Waals surface area contributed by atoms with Gasteiger partial charge in [-0.15, -0.1) is 13.2 Å². The second-order valence-electron chi connectivity index (χ2n) is 4.72. The van der Waals surface area contributed by atoms with Crippen LogP contribution in [0.25, 0.3) is 0 Å². The Morgan fingerprint density at radius 2 is 1.95 bits per heavy atom. The van der Waals surface area contributed by atoms with Gasteiger partial charge in [0.25, 0.3) is 0 Å². The molecule has 1 aromatic rings. The fraction of sp³-hybridized carbons (Fsp3) is 0.429. The maximum Gasteiger partial charge on any atom is 0.573 e. The first-order valence-electron chi connectivity index (χ1n) is 6.52. The summed E-state index contributed by atoms with van der Waals surface area (Å²) in [4.78, 5) is 22.1. The van der Waals surface area contributed by atoms with Crippen molar-refractivity contribution < 1.29 is 32.6 Å². The average Bonchev–Trinajstić information content (AvgIpc) is 2.34. The molecule has 22 heavy (non-hydrogen) atoms. The summed E-state index contributed by atoms with van der Waals surface area (Å²) >= 11 is 0. The average molecular weight is 319 g/mol. The number of hydrogen-bond acceptors (Lipinski definition) is 3. The van der Waals surface area contributed by atoms with Crippen LogP contribution in [0.4, 0.5) is 13.2 Å². The van der Waals surface area contributed by atoms with Crippen LogP contribution in [0.5, 0.6) is 5.75 Å². The molecule has 1 aromatic carbocycles. The lowest BCUT2D eigenvalue weighted by molar-refractivity contribution is -0.274. The van der Waals surface area contributed by atoms with Gasteiger partial charge < -0.3 is 15.2 Å². The molecule has 1 atom stereocenters. The van der Waals surface area contributed by atoms with E-state index in [0.29, 0.717) is 0 Å². The number of hydrogen-bond donors (Lipinski definition) is 2. The zero-order valence-corrected chi connectivity index (χ0v) is 11.8. The Morgan fingerprint density at radius 3 is 2.55 bits per heavy atom. The Balaban J connectivity index is 2.57. The van der Waals surface area contributed by atoms with Crippen LogP contribution in [0.15, 0.2) is 24.3 Å². The van der Waals surface area contributed by atoms with Gasteiger partial charge in [-0.25, -0.2) is 0 Å². The molecular formula is C14H16F3NO4. The highest BCUT2D eigenvalue weighted by atomic mass is 19.4. The van der Waals surface area contributed by atoms with Crippen LogP contribution in [-0.4, -0.2) is 29.4 Å². The molecule has 1 unspecified atom stereocenters. The number of carboxylic acid groups (broad SMARTS) is 1. The molecule has 0 saturated carbocycles. The zero-order valence-electron chi connectivity index (χ0n) is 11.8. The number of alkyl halides is 3. The number of benzene rings is 1. The summed E-state index contributed by atoms with van der Waals surface area (Å²) in [5, 5.41) is 11.0. The first kappa shape index (κ1) is 17.8. The summed E-state index contributed by atoms with van der Waals surface area (Å²) in [6.45, 7) is 1.53. The maximum atomic E-state index is 12.3. The van der Waals surface area contributed by atoms with E-state index in [9.17, 15) is 22.8 Å². The van der Waals surface area contributed by atoms with Crippen LogP contribution in [0.1, 0.15) is 25.3 Å². The van der Waals surface area contributed by atoms with E-state index in [-0.39, 0.29) is 30.6 Å². The van der Waals surface area contributed by atoms with Crippen molar-refractivity contribution in [3.63, 3.8) is 0 Å². The number of carboxylic acids is 1. The second-order valence-corrected chi connectivity index (χ2v) is 4.72. The number of para-hydroxylation sites is 1. The molecule has 1 rings (SSSR count). The number of halogens is 3. The predicted molar refractivity (Wildman–Crippen MR) is 71.3 cm³/mol. The number of rotatable bonds is 7. The highest BCUT2D eigenvalue weighted by Gasteiger charge is 2.31. The molecule has 5 nitrogen and oxygen atoms in total. The lowest BCUT2D eigenvalue weighted by Gasteiger charge is -2.14. The van der Waals surface area contributed by atoms with Crippen molar-refractivity contribution in [1.82, 2.24) is 5.32 Å². The van der Waals surface area contributed by atoms with Crippen LogP contribution in [0, 0.1) is 0 Å². The number of carbonyl (C=O) groups excluding carboxylic acids is 1. The summed E-state index contributed by atoms with van der Waals surface area (Å²) in [6.07, 6.45) is -5.03. The van der Waals surface area contributed by atoms with Crippen LogP contribution in [0.3, 0.4) is 0 Å².